The molecule has 1 N–H and O–H groups in total. The lowest BCUT2D eigenvalue weighted by atomic mass is 9.93. The first-order valence-corrected chi connectivity index (χ1v) is 8.84. The second-order valence-electron chi connectivity index (χ2n) is 7.13. The summed E-state index contributed by atoms with van der Waals surface area (Å²) >= 11 is 0. The largest absolute Gasteiger partial charge is 0.493 e. The zero-order valence-electron chi connectivity index (χ0n) is 16.3. The van der Waals surface area contributed by atoms with Gasteiger partial charge in [0.05, 0.1) is 6.61 Å². The van der Waals surface area contributed by atoms with Crippen molar-refractivity contribution in [1.82, 2.24) is 0 Å². The molecule has 4 nitrogen and oxygen atoms in total. The van der Waals surface area contributed by atoms with Gasteiger partial charge in [0, 0.05) is 12.8 Å². The molecule has 136 valence electrons. The van der Waals surface area contributed by atoms with Gasteiger partial charge in [-0.05, 0) is 62.8 Å². The van der Waals surface area contributed by atoms with Crippen LogP contribution < -0.4 is 10.1 Å². The standard InChI is InChI=1S/C20H33NO3/c1-8-9-10-24-18-15(4)11-17(12-16(18)5)21-19(22)20(6,23-7)13-14(2)3/h11-12,14H,8-10,13H2,1-7H3,(H,21,22). The van der Waals surface area contributed by atoms with E-state index < -0.39 is 5.60 Å². The molecule has 0 spiro atoms. The van der Waals surface area contributed by atoms with E-state index in [1.807, 2.05) is 32.9 Å². The predicted octanol–water partition coefficient (Wildman–Crippen LogP) is 4.87. The number of rotatable bonds is 9. The number of carbonyl (C=O) groups excluding carboxylic acids is 1. The van der Waals surface area contributed by atoms with Crippen molar-refractivity contribution < 1.29 is 14.3 Å². The Labute approximate surface area is 146 Å². The van der Waals surface area contributed by atoms with Crippen LogP contribution in [0.4, 0.5) is 5.69 Å². The molecule has 0 aliphatic carbocycles. The van der Waals surface area contributed by atoms with E-state index in [-0.39, 0.29) is 5.91 Å². The third kappa shape index (κ3) is 5.52. The number of unbranched alkanes of at least 4 members (excludes halogenated alkanes) is 1. The second-order valence-corrected chi connectivity index (χ2v) is 7.13. The number of aryl methyl sites for hydroxylation is 2. The molecule has 1 rings (SSSR count). The molecule has 0 aromatic heterocycles. The van der Waals surface area contributed by atoms with E-state index in [2.05, 4.69) is 26.1 Å². The molecule has 0 heterocycles. The molecule has 0 fully saturated rings. The number of benzene rings is 1. The van der Waals surface area contributed by atoms with E-state index >= 15 is 0 Å². The Morgan fingerprint density at radius 1 is 1.25 bits per heavy atom. The number of amides is 1. The van der Waals surface area contributed by atoms with Crippen LogP contribution in [0, 0.1) is 19.8 Å². The molecular weight excluding hydrogens is 302 g/mol. The van der Waals surface area contributed by atoms with Crippen LogP contribution in [-0.4, -0.2) is 25.2 Å². The Bertz CT molecular complexity index is 531. The molecule has 0 radical (unpaired) electrons. The third-order valence-corrected chi connectivity index (χ3v) is 4.19. The van der Waals surface area contributed by atoms with Gasteiger partial charge in [-0.3, -0.25) is 4.79 Å². The number of carbonyl (C=O) groups is 1. The number of methoxy groups -OCH3 is 1. The lowest BCUT2D eigenvalue weighted by molar-refractivity contribution is -0.137. The molecule has 1 aromatic carbocycles. The summed E-state index contributed by atoms with van der Waals surface area (Å²) in [7, 11) is 1.59. The quantitative estimate of drug-likeness (QED) is 0.655. The van der Waals surface area contributed by atoms with Gasteiger partial charge >= 0.3 is 0 Å². The molecule has 0 aliphatic heterocycles. The molecule has 0 saturated heterocycles. The molecule has 0 aliphatic rings. The summed E-state index contributed by atoms with van der Waals surface area (Å²) in [6.07, 6.45) is 2.82. The fourth-order valence-electron chi connectivity index (χ4n) is 2.88. The van der Waals surface area contributed by atoms with Crippen LogP contribution in [0.5, 0.6) is 5.75 Å². The number of ether oxygens (including phenoxy) is 2. The average molecular weight is 335 g/mol. The third-order valence-electron chi connectivity index (χ3n) is 4.19. The van der Waals surface area contributed by atoms with Crippen LogP contribution in [0.25, 0.3) is 0 Å². The maximum Gasteiger partial charge on any atom is 0.256 e. The van der Waals surface area contributed by atoms with Crippen molar-refractivity contribution in [3.63, 3.8) is 0 Å². The summed E-state index contributed by atoms with van der Waals surface area (Å²) < 4.78 is 11.4. The molecule has 1 amide bonds. The average Bonchev–Trinajstić information content (AvgIpc) is 2.49. The highest BCUT2D eigenvalue weighted by molar-refractivity contribution is 5.97. The van der Waals surface area contributed by atoms with Gasteiger partial charge < -0.3 is 14.8 Å². The van der Waals surface area contributed by atoms with Gasteiger partial charge in [0.25, 0.3) is 5.91 Å². The zero-order chi connectivity index (χ0) is 18.3. The first kappa shape index (κ1) is 20.5. The summed E-state index contributed by atoms with van der Waals surface area (Å²) in [5, 5.41) is 3.00. The maximum absolute atomic E-state index is 12.7. The van der Waals surface area contributed by atoms with Crippen LogP contribution in [0.3, 0.4) is 0 Å². The Hall–Kier alpha value is -1.55. The van der Waals surface area contributed by atoms with Gasteiger partial charge in [-0.2, -0.15) is 0 Å². The fraction of sp³-hybridized carbons (Fsp3) is 0.650. The molecule has 24 heavy (non-hydrogen) atoms. The molecular formula is C20H33NO3. The van der Waals surface area contributed by atoms with Gasteiger partial charge in [-0.25, -0.2) is 0 Å². The summed E-state index contributed by atoms with van der Waals surface area (Å²) in [6, 6.07) is 3.91. The van der Waals surface area contributed by atoms with Crippen LogP contribution in [-0.2, 0) is 9.53 Å². The summed E-state index contributed by atoms with van der Waals surface area (Å²) in [5.41, 5.74) is 2.02. The van der Waals surface area contributed by atoms with Gasteiger partial charge in [0.15, 0.2) is 0 Å². The van der Waals surface area contributed by atoms with E-state index in [1.54, 1.807) is 7.11 Å². The number of hydrogen-bond donors (Lipinski definition) is 1. The van der Waals surface area contributed by atoms with E-state index in [0.717, 1.165) is 42.0 Å². The Morgan fingerprint density at radius 2 is 1.83 bits per heavy atom. The van der Waals surface area contributed by atoms with Gasteiger partial charge in [0.2, 0.25) is 0 Å². The van der Waals surface area contributed by atoms with Crippen molar-refractivity contribution in [2.24, 2.45) is 5.92 Å². The SMILES string of the molecule is CCCCOc1c(C)cc(NC(=O)C(C)(CC(C)C)OC)cc1C. The minimum Gasteiger partial charge on any atom is -0.493 e. The van der Waals surface area contributed by atoms with Gasteiger partial charge in [-0.15, -0.1) is 0 Å². The number of nitrogens with one attached hydrogen (secondary N) is 1. The van der Waals surface area contributed by atoms with Crippen LogP contribution in [0.1, 0.15) is 58.1 Å². The molecule has 0 bridgehead atoms. The predicted molar refractivity (Wildman–Crippen MR) is 99.8 cm³/mol. The molecule has 0 saturated carbocycles. The normalized spacial score (nSPS) is 13.7. The minimum atomic E-state index is -0.827. The van der Waals surface area contributed by atoms with Crippen molar-refractivity contribution in [3.8, 4) is 5.75 Å². The molecule has 1 unspecified atom stereocenters. The van der Waals surface area contributed by atoms with Crippen molar-refractivity contribution in [1.29, 1.82) is 0 Å². The van der Waals surface area contributed by atoms with Crippen molar-refractivity contribution in [2.45, 2.75) is 66.4 Å². The first-order valence-electron chi connectivity index (χ1n) is 8.84. The summed E-state index contributed by atoms with van der Waals surface area (Å²) in [6.45, 7) is 12.9. The number of anilines is 1. The van der Waals surface area contributed by atoms with E-state index in [1.165, 1.54) is 0 Å². The Kier molecular flexibility index (Phi) is 7.74. The van der Waals surface area contributed by atoms with Crippen molar-refractivity contribution >= 4 is 11.6 Å². The van der Waals surface area contributed by atoms with Gasteiger partial charge in [-0.1, -0.05) is 27.2 Å². The second kappa shape index (κ2) is 9.07. The lowest BCUT2D eigenvalue weighted by Gasteiger charge is -2.28. The van der Waals surface area contributed by atoms with E-state index in [4.69, 9.17) is 9.47 Å². The van der Waals surface area contributed by atoms with Crippen molar-refractivity contribution in [2.75, 3.05) is 19.0 Å². The van der Waals surface area contributed by atoms with Crippen LogP contribution in [0.2, 0.25) is 0 Å². The van der Waals surface area contributed by atoms with Crippen LogP contribution in [0.15, 0.2) is 12.1 Å². The topological polar surface area (TPSA) is 47.6 Å². The highest BCUT2D eigenvalue weighted by Gasteiger charge is 2.34. The summed E-state index contributed by atoms with van der Waals surface area (Å²) in [5.74, 6) is 1.17. The number of hydrogen-bond acceptors (Lipinski definition) is 3. The molecule has 1 aromatic rings. The maximum atomic E-state index is 12.7. The first-order chi connectivity index (χ1) is 11.2. The van der Waals surface area contributed by atoms with Crippen molar-refractivity contribution in [3.05, 3.63) is 23.3 Å². The zero-order valence-corrected chi connectivity index (χ0v) is 16.3. The minimum absolute atomic E-state index is 0.114. The summed E-state index contributed by atoms with van der Waals surface area (Å²) in [4.78, 5) is 12.7. The highest BCUT2D eigenvalue weighted by Crippen LogP contribution is 2.29. The monoisotopic (exact) mass is 335 g/mol. The lowest BCUT2D eigenvalue weighted by Crippen LogP contribution is -2.43. The Morgan fingerprint density at radius 3 is 2.29 bits per heavy atom. The molecule has 1 atom stereocenters. The Balaban J connectivity index is 2.90. The highest BCUT2D eigenvalue weighted by atomic mass is 16.5. The van der Waals surface area contributed by atoms with E-state index in [9.17, 15) is 4.79 Å². The molecule has 4 heteroatoms. The fourth-order valence-corrected chi connectivity index (χ4v) is 2.88. The van der Waals surface area contributed by atoms with Crippen LogP contribution >= 0.6 is 0 Å². The smallest absolute Gasteiger partial charge is 0.256 e. The van der Waals surface area contributed by atoms with E-state index in [0.29, 0.717) is 12.3 Å². The van der Waals surface area contributed by atoms with Gasteiger partial charge in [0.1, 0.15) is 11.4 Å².